The maximum atomic E-state index is 11.3. The van der Waals surface area contributed by atoms with E-state index >= 15 is 0 Å². The number of rotatable bonds is 7. The topological polar surface area (TPSA) is 112 Å². The van der Waals surface area contributed by atoms with Gasteiger partial charge in [0.1, 0.15) is 12.8 Å². The average molecular weight is 441 g/mol. The van der Waals surface area contributed by atoms with Crippen LogP contribution in [0.25, 0.3) is 22.7 Å². The number of fused-ring (bicyclic) bond motifs is 1. The van der Waals surface area contributed by atoms with Crippen molar-refractivity contribution >= 4 is 22.8 Å². The molecule has 0 aliphatic carbocycles. The maximum absolute atomic E-state index is 11.3. The zero-order chi connectivity index (χ0) is 22.8. The Labute approximate surface area is 185 Å². The Morgan fingerprint density at radius 3 is 2.59 bits per heavy atom. The quantitative estimate of drug-likeness (QED) is 0.311. The van der Waals surface area contributed by atoms with E-state index in [2.05, 4.69) is 26.3 Å². The van der Waals surface area contributed by atoms with E-state index < -0.39 is 4.92 Å². The molecule has 4 rings (SSSR count). The first kappa shape index (κ1) is 21.9. The molecule has 1 unspecified atom stereocenters. The molecular weight excluding hydrogens is 414 g/mol. The van der Waals surface area contributed by atoms with Gasteiger partial charge in [0.2, 0.25) is 5.82 Å². The number of para-hydroxylation sites is 2. The summed E-state index contributed by atoms with van der Waals surface area (Å²) < 4.78 is 8.63. The lowest BCUT2D eigenvalue weighted by molar-refractivity contribution is -0.391. The van der Waals surface area contributed by atoms with E-state index in [-0.39, 0.29) is 18.0 Å². The summed E-state index contributed by atoms with van der Waals surface area (Å²) in [5.74, 6) is 0.727. The summed E-state index contributed by atoms with van der Waals surface area (Å²) in [4.78, 5) is 35.6. The standard InChI is InChI=1S/C21H27N7O4/c1-15(26-10-8-25(9-11-26)12-13-32-16(2)29)27-18-7-5-4-6-17(18)23-21(27)20-22-14-19(24(20)3)28(30)31/h4-7,14-15H,8-13H2,1-3H3. The van der Waals surface area contributed by atoms with Crippen molar-refractivity contribution in [2.75, 3.05) is 39.3 Å². The highest BCUT2D eigenvalue weighted by Crippen LogP contribution is 2.31. The van der Waals surface area contributed by atoms with Gasteiger partial charge < -0.3 is 19.4 Å². The van der Waals surface area contributed by atoms with Crippen molar-refractivity contribution < 1.29 is 14.5 Å². The first-order valence-corrected chi connectivity index (χ1v) is 10.6. The minimum atomic E-state index is -0.442. The third-order valence-corrected chi connectivity index (χ3v) is 5.97. The van der Waals surface area contributed by atoms with Crippen LogP contribution in [-0.2, 0) is 16.6 Å². The van der Waals surface area contributed by atoms with Gasteiger partial charge in [-0.15, -0.1) is 0 Å². The summed E-state index contributed by atoms with van der Waals surface area (Å²) in [6.45, 7) is 8.06. The van der Waals surface area contributed by atoms with Gasteiger partial charge in [0.25, 0.3) is 5.82 Å². The molecule has 0 N–H and O–H groups in total. The third kappa shape index (κ3) is 4.21. The predicted octanol–water partition coefficient (Wildman–Crippen LogP) is 2.04. The number of esters is 1. The summed E-state index contributed by atoms with van der Waals surface area (Å²) in [5, 5.41) is 11.3. The normalized spacial score (nSPS) is 16.3. The van der Waals surface area contributed by atoms with Gasteiger partial charge in [-0.25, -0.2) is 14.5 Å². The van der Waals surface area contributed by atoms with Crippen molar-refractivity contribution in [1.82, 2.24) is 28.9 Å². The Morgan fingerprint density at radius 1 is 1.22 bits per heavy atom. The molecule has 170 valence electrons. The highest BCUT2D eigenvalue weighted by atomic mass is 16.6. The summed E-state index contributed by atoms with van der Waals surface area (Å²) in [6.07, 6.45) is 1.25. The lowest BCUT2D eigenvalue weighted by Gasteiger charge is -2.38. The fourth-order valence-electron chi connectivity index (χ4n) is 4.20. The molecule has 1 fully saturated rings. The molecule has 0 amide bonds. The van der Waals surface area contributed by atoms with Crippen LogP contribution in [0, 0.1) is 10.1 Å². The van der Waals surface area contributed by atoms with E-state index in [4.69, 9.17) is 9.72 Å². The predicted molar refractivity (Wildman–Crippen MR) is 118 cm³/mol. The molecule has 11 nitrogen and oxygen atoms in total. The van der Waals surface area contributed by atoms with Crippen molar-refractivity contribution in [1.29, 1.82) is 0 Å². The van der Waals surface area contributed by atoms with Gasteiger partial charge >= 0.3 is 11.8 Å². The van der Waals surface area contributed by atoms with Crippen molar-refractivity contribution in [2.45, 2.75) is 20.0 Å². The van der Waals surface area contributed by atoms with Crippen molar-refractivity contribution in [3.63, 3.8) is 0 Å². The van der Waals surface area contributed by atoms with Gasteiger partial charge in [-0.1, -0.05) is 12.1 Å². The molecule has 32 heavy (non-hydrogen) atoms. The van der Waals surface area contributed by atoms with E-state index in [1.165, 1.54) is 17.7 Å². The molecule has 0 saturated carbocycles. The number of aromatic nitrogens is 4. The number of carbonyl (C=O) groups is 1. The van der Waals surface area contributed by atoms with Gasteiger partial charge in [0.15, 0.2) is 0 Å². The number of benzene rings is 1. The van der Waals surface area contributed by atoms with E-state index in [0.29, 0.717) is 18.3 Å². The van der Waals surface area contributed by atoms with Crippen LogP contribution in [0.15, 0.2) is 30.5 Å². The molecule has 0 spiro atoms. The zero-order valence-corrected chi connectivity index (χ0v) is 18.5. The number of piperazine rings is 1. The number of nitrogens with zero attached hydrogens (tertiary/aromatic N) is 7. The van der Waals surface area contributed by atoms with Crippen LogP contribution in [0.2, 0.25) is 0 Å². The molecule has 3 aromatic rings. The van der Waals surface area contributed by atoms with Crippen molar-refractivity contribution in [3.05, 3.63) is 40.6 Å². The van der Waals surface area contributed by atoms with Crippen LogP contribution < -0.4 is 0 Å². The number of nitro groups is 1. The first-order valence-electron chi connectivity index (χ1n) is 10.6. The fraction of sp³-hybridized carbons (Fsp3) is 0.476. The van der Waals surface area contributed by atoms with Gasteiger partial charge in [-0.2, -0.15) is 0 Å². The number of imidazole rings is 2. The fourth-order valence-corrected chi connectivity index (χ4v) is 4.20. The SMILES string of the molecule is CC(=O)OCCN1CCN(C(C)n2c(-c3ncc([N+](=O)[O-])n3C)nc3ccccc32)CC1. The first-order chi connectivity index (χ1) is 15.4. The summed E-state index contributed by atoms with van der Waals surface area (Å²) in [6, 6.07) is 7.84. The van der Waals surface area contributed by atoms with Crippen LogP contribution >= 0.6 is 0 Å². The zero-order valence-electron chi connectivity index (χ0n) is 18.5. The minimum absolute atomic E-state index is 0.0243. The Hall–Kier alpha value is -3.31. The maximum Gasteiger partial charge on any atom is 0.343 e. The van der Waals surface area contributed by atoms with Crippen molar-refractivity contribution in [3.8, 4) is 11.6 Å². The third-order valence-electron chi connectivity index (χ3n) is 5.97. The molecule has 11 heteroatoms. The van der Waals surface area contributed by atoms with E-state index in [1.54, 1.807) is 7.05 Å². The van der Waals surface area contributed by atoms with E-state index in [0.717, 1.165) is 43.8 Å². The summed E-state index contributed by atoms with van der Waals surface area (Å²) in [5.41, 5.74) is 1.78. The Morgan fingerprint density at radius 2 is 1.94 bits per heavy atom. The van der Waals surface area contributed by atoms with E-state index in [1.807, 2.05) is 24.3 Å². The second kappa shape index (κ2) is 9.05. The largest absolute Gasteiger partial charge is 0.465 e. The molecule has 1 aliphatic heterocycles. The van der Waals surface area contributed by atoms with Crippen LogP contribution in [0.5, 0.6) is 0 Å². The monoisotopic (exact) mass is 441 g/mol. The number of ether oxygens (including phenoxy) is 1. The van der Waals surface area contributed by atoms with Crippen LogP contribution in [-0.4, -0.2) is 79.1 Å². The van der Waals surface area contributed by atoms with Crippen LogP contribution in [0.3, 0.4) is 0 Å². The summed E-state index contributed by atoms with van der Waals surface area (Å²) >= 11 is 0. The lowest BCUT2D eigenvalue weighted by Crippen LogP contribution is -2.49. The minimum Gasteiger partial charge on any atom is -0.465 e. The molecule has 1 aliphatic rings. The van der Waals surface area contributed by atoms with E-state index in [9.17, 15) is 14.9 Å². The summed E-state index contributed by atoms with van der Waals surface area (Å²) in [7, 11) is 1.64. The molecule has 1 saturated heterocycles. The van der Waals surface area contributed by atoms with Gasteiger partial charge in [-0.05, 0) is 24.0 Å². The highest BCUT2D eigenvalue weighted by Gasteiger charge is 2.29. The molecule has 3 heterocycles. The Balaban J connectivity index is 1.60. The molecular formula is C21H27N7O4. The van der Waals surface area contributed by atoms with Crippen LogP contribution in [0.4, 0.5) is 5.82 Å². The number of carbonyl (C=O) groups excluding carboxylic acids is 1. The molecule has 1 aromatic carbocycles. The molecule has 0 bridgehead atoms. The van der Waals surface area contributed by atoms with Gasteiger partial charge in [-0.3, -0.25) is 14.6 Å². The second-order valence-corrected chi connectivity index (χ2v) is 7.90. The molecule has 0 radical (unpaired) electrons. The number of hydrogen-bond donors (Lipinski definition) is 0. The Kier molecular flexibility index (Phi) is 6.19. The van der Waals surface area contributed by atoms with Gasteiger partial charge in [0.05, 0.1) is 24.2 Å². The number of hydrogen-bond acceptors (Lipinski definition) is 8. The van der Waals surface area contributed by atoms with Gasteiger partial charge in [0, 0.05) is 39.6 Å². The highest BCUT2D eigenvalue weighted by molar-refractivity contribution is 5.80. The smallest absolute Gasteiger partial charge is 0.343 e. The lowest BCUT2D eigenvalue weighted by atomic mass is 10.2. The molecule has 2 aromatic heterocycles. The average Bonchev–Trinajstić information content (AvgIpc) is 3.33. The second-order valence-electron chi connectivity index (χ2n) is 7.90. The van der Waals surface area contributed by atoms with Crippen LogP contribution in [0.1, 0.15) is 20.0 Å². The van der Waals surface area contributed by atoms with Crippen molar-refractivity contribution in [2.24, 2.45) is 7.05 Å². The molecule has 1 atom stereocenters. The Bertz CT molecular complexity index is 1130.